The maximum atomic E-state index is 5.77. The van der Waals surface area contributed by atoms with Crippen LogP contribution in [0, 0.1) is 0 Å². The second kappa shape index (κ2) is 4.31. The summed E-state index contributed by atoms with van der Waals surface area (Å²) in [6.45, 7) is 4.01. The molecule has 0 fully saturated rings. The Bertz CT molecular complexity index is 461. The van der Waals surface area contributed by atoms with Crippen LogP contribution in [0.3, 0.4) is 0 Å². The van der Waals surface area contributed by atoms with Crippen LogP contribution in [0.4, 0.5) is 5.69 Å². The fourth-order valence-electron chi connectivity index (χ4n) is 1.59. The highest BCUT2D eigenvalue weighted by Gasteiger charge is 2.07. The average Bonchev–Trinajstić information content (AvgIpc) is 2.69. The number of nitrogen functional groups attached to an aromatic ring is 1. The van der Waals surface area contributed by atoms with E-state index in [0.29, 0.717) is 5.69 Å². The summed E-state index contributed by atoms with van der Waals surface area (Å²) >= 11 is 0. The minimum Gasteiger partial charge on any atom is -0.489 e. The summed E-state index contributed by atoms with van der Waals surface area (Å²) in [4.78, 5) is 0. The van der Waals surface area contributed by atoms with Crippen molar-refractivity contribution in [3.05, 3.63) is 42.7 Å². The first-order valence-corrected chi connectivity index (χ1v) is 5.36. The number of benzene rings is 1. The van der Waals surface area contributed by atoms with Crippen molar-refractivity contribution in [2.24, 2.45) is 0 Å². The molecule has 2 N–H and O–H groups in total. The lowest BCUT2D eigenvalue weighted by atomic mass is 10.2. The van der Waals surface area contributed by atoms with Crippen LogP contribution < -0.4 is 10.5 Å². The van der Waals surface area contributed by atoms with Gasteiger partial charge in [0, 0.05) is 24.1 Å². The third-order valence-electron chi connectivity index (χ3n) is 2.23. The predicted molar refractivity (Wildman–Crippen MR) is 65.9 cm³/mol. The molecule has 0 atom stereocenters. The fourth-order valence-corrected chi connectivity index (χ4v) is 1.59. The van der Waals surface area contributed by atoms with Gasteiger partial charge >= 0.3 is 0 Å². The van der Waals surface area contributed by atoms with Gasteiger partial charge in [-0.3, -0.25) is 0 Å². The van der Waals surface area contributed by atoms with Crippen molar-refractivity contribution in [2.45, 2.75) is 20.0 Å². The van der Waals surface area contributed by atoms with E-state index in [4.69, 9.17) is 10.5 Å². The molecule has 2 rings (SSSR count). The summed E-state index contributed by atoms with van der Waals surface area (Å²) in [6, 6.07) is 9.66. The van der Waals surface area contributed by atoms with Crippen LogP contribution >= 0.6 is 0 Å². The molecule has 1 heterocycles. The number of nitrogens with two attached hydrogens (primary N) is 1. The summed E-state index contributed by atoms with van der Waals surface area (Å²) < 4.78 is 7.76. The number of hydrogen-bond acceptors (Lipinski definition) is 2. The lowest BCUT2D eigenvalue weighted by Gasteiger charge is -2.15. The molecule has 0 amide bonds. The van der Waals surface area contributed by atoms with Crippen LogP contribution in [-0.2, 0) is 0 Å². The molecule has 0 saturated carbocycles. The normalized spacial score (nSPS) is 10.7. The molecule has 84 valence electrons. The second-order valence-corrected chi connectivity index (χ2v) is 3.98. The maximum absolute atomic E-state index is 5.77. The molecule has 1 aromatic carbocycles. The molecule has 3 nitrogen and oxygen atoms in total. The molecule has 0 aliphatic rings. The van der Waals surface area contributed by atoms with Gasteiger partial charge in [-0.1, -0.05) is 0 Å². The average molecular weight is 216 g/mol. The van der Waals surface area contributed by atoms with Crippen molar-refractivity contribution >= 4 is 5.69 Å². The Hall–Kier alpha value is -1.90. The van der Waals surface area contributed by atoms with Crippen molar-refractivity contribution < 1.29 is 4.74 Å². The minimum absolute atomic E-state index is 0.135. The number of aromatic nitrogens is 1. The lowest BCUT2D eigenvalue weighted by molar-refractivity contribution is 0.242. The van der Waals surface area contributed by atoms with Crippen LogP contribution in [0.2, 0.25) is 0 Å². The van der Waals surface area contributed by atoms with E-state index in [9.17, 15) is 0 Å². The third-order valence-corrected chi connectivity index (χ3v) is 2.23. The van der Waals surface area contributed by atoms with Gasteiger partial charge in [-0.2, -0.15) is 0 Å². The largest absolute Gasteiger partial charge is 0.489 e. The number of ether oxygens (including phenoxy) is 1. The van der Waals surface area contributed by atoms with E-state index in [2.05, 4.69) is 0 Å². The molecular formula is C13H16N2O. The highest BCUT2D eigenvalue weighted by Crippen LogP contribution is 2.26. The van der Waals surface area contributed by atoms with Crippen LogP contribution in [0.1, 0.15) is 13.8 Å². The van der Waals surface area contributed by atoms with Gasteiger partial charge in [-0.15, -0.1) is 0 Å². The van der Waals surface area contributed by atoms with Gasteiger partial charge < -0.3 is 15.0 Å². The zero-order valence-electron chi connectivity index (χ0n) is 9.55. The van der Waals surface area contributed by atoms with Crippen molar-refractivity contribution in [3.8, 4) is 11.4 Å². The molecule has 0 radical (unpaired) electrons. The van der Waals surface area contributed by atoms with Gasteiger partial charge in [0.05, 0.1) is 11.8 Å². The molecular weight excluding hydrogens is 200 g/mol. The predicted octanol–water partition coefficient (Wildman–Crippen LogP) is 2.85. The van der Waals surface area contributed by atoms with E-state index in [0.717, 1.165) is 11.4 Å². The summed E-state index contributed by atoms with van der Waals surface area (Å²) in [5, 5.41) is 0. The van der Waals surface area contributed by atoms with E-state index < -0.39 is 0 Å². The van der Waals surface area contributed by atoms with Crippen molar-refractivity contribution in [1.82, 2.24) is 4.57 Å². The molecule has 0 unspecified atom stereocenters. The number of hydrogen-bond donors (Lipinski definition) is 1. The fraction of sp³-hybridized carbons (Fsp3) is 0.231. The SMILES string of the molecule is CC(C)Oc1cc(N)ccc1-n1cccc1. The highest BCUT2D eigenvalue weighted by atomic mass is 16.5. The Kier molecular flexibility index (Phi) is 2.86. The molecule has 0 spiro atoms. The summed E-state index contributed by atoms with van der Waals surface area (Å²) in [5.41, 5.74) is 7.49. The first kappa shape index (κ1) is 10.6. The first-order chi connectivity index (χ1) is 7.66. The summed E-state index contributed by atoms with van der Waals surface area (Å²) in [6.07, 6.45) is 4.10. The monoisotopic (exact) mass is 216 g/mol. The maximum Gasteiger partial charge on any atom is 0.145 e. The molecule has 16 heavy (non-hydrogen) atoms. The van der Waals surface area contributed by atoms with Crippen LogP contribution in [0.5, 0.6) is 5.75 Å². The number of nitrogens with zero attached hydrogens (tertiary/aromatic N) is 1. The van der Waals surface area contributed by atoms with Gasteiger partial charge in [0.25, 0.3) is 0 Å². The zero-order valence-corrected chi connectivity index (χ0v) is 9.55. The van der Waals surface area contributed by atoms with Crippen LogP contribution in [-0.4, -0.2) is 10.7 Å². The number of rotatable bonds is 3. The highest BCUT2D eigenvalue weighted by molar-refractivity contribution is 5.56. The lowest BCUT2D eigenvalue weighted by Crippen LogP contribution is -2.08. The van der Waals surface area contributed by atoms with Crippen molar-refractivity contribution in [3.63, 3.8) is 0 Å². The summed E-state index contributed by atoms with van der Waals surface area (Å²) in [5.74, 6) is 0.811. The Morgan fingerprint density at radius 1 is 1.19 bits per heavy atom. The summed E-state index contributed by atoms with van der Waals surface area (Å²) in [7, 11) is 0. The van der Waals surface area contributed by atoms with Crippen LogP contribution in [0.25, 0.3) is 5.69 Å². The topological polar surface area (TPSA) is 40.2 Å². The Morgan fingerprint density at radius 3 is 2.50 bits per heavy atom. The second-order valence-electron chi connectivity index (χ2n) is 3.98. The molecule has 0 aliphatic heterocycles. The molecule has 0 saturated heterocycles. The van der Waals surface area contributed by atoms with Gasteiger partial charge in [-0.05, 0) is 38.1 Å². The molecule has 1 aromatic heterocycles. The van der Waals surface area contributed by atoms with Gasteiger partial charge in [-0.25, -0.2) is 0 Å². The van der Waals surface area contributed by atoms with Gasteiger partial charge in [0.15, 0.2) is 0 Å². The van der Waals surface area contributed by atoms with E-state index in [-0.39, 0.29) is 6.10 Å². The quantitative estimate of drug-likeness (QED) is 0.801. The van der Waals surface area contributed by atoms with Crippen LogP contribution in [0.15, 0.2) is 42.7 Å². The molecule has 3 heteroatoms. The van der Waals surface area contributed by atoms with Crippen molar-refractivity contribution in [2.75, 3.05) is 5.73 Å². The smallest absolute Gasteiger partial charge is 0.145 e. The first-order valence-electron chi connectivity index (χ1n) is 5.36. The van der Waals surface area contributed by atoms with E-state index in [1.165, 1.54) is 0 Å². The molecule has 0 bridgehead atoms. The van der Waals surface area contributed by atoms with Gasteiger partial charge in [0.2, 0.25) is 0 Å². The standard InChI is InChI=1S/C13H16N2O/c1-10(2)16-13-9-11(14)5-6-12(13)15-7-3-4-8-15/h3-10H,14H2,1-2H3. The molecule has 0 aliphatic carbocycles. The Balaban J connectivity index is 2.44. The number of anilines is 1. The molecule has 2 aromatic rings. The zero-order chi connectivity index (χ0) is 11.5. The van der Waals surface area contributed by atoms with Crippen molar-refractivity contribution in [1.29, 1.82) is 0 Å². The van der Waals surface area contributed by atoms with Gasteiger partial charge in [0.1, 0.15) is 5.75 Å². The van der Waals surface area contributed by atoms with E-state index >= 15 is 0 Å². The van der Waals surface area contributed by atoms with E-state index in [1.54, 1.807) is 0 Å². The third kappa shape index (κ3) is 2.19. The Labute approximate surface area is 95.5 Å². The Morgan fingerprint density at radius 2 is 1.88 bits per heavy atom. The van der Waals surface area contributed by atoms with E-state index in [1.807, 2.05) is 61.1 Å². The minimum atomic E-state index is 0.135.